The summed E-state index contributed by atoms with van der Waals surface area (Å²) in [5.74, 6) is 1.05. The first-order valence-electron chi connectivity index (χ1n) is 6.23. The van der Waals surface area contributed by atoms with Crippen molar-refractivity contribution in [3.63, 3.8) is 0 Å². The lowest BCUT2D eigenvalue weighted by Gasteiger charge is -2.24. The predicted octanol–water partition coefficient (Wildman–Crippen LogP) is 1.81. The van der Waals surface area contributed by atoms with Crippen molar-refractivity contribution in [3.8, 4) is 0 Å². The average Bonchev–Trinajstić information content (AvgIpc) is 2.70. The van der Waals surface area contributed by atoms with E-state index in [0.717, 1.165) is 18.9 Å². The Morgan fingerprint density at radius 2 is 2.06 bits per heavy atom. The third-order valence-electron chi connectivity index (χ3n) is 4.01. The van der Waals surface area contributed by atoms with Crippen molar-refractivity contribution >= 4 is 18.3 Å². The van der Waals surface area contributed by atoms with Gasteiger partial charge in [-0.3, -0.25) is 4.79 Å². The molecule has 1 aliphatic carbocycles. The molecule has 1 N–H and O–H groups in total. The zero-order valence-corrected chi connectivity index (χ0v) is 11.1. The summed E-state index contributed by atoms with van der Waals surface area (Å²) in [5.41, 5.74) is 0. The van der Waals surface area contributed by atoms with Crippen molar-refractivity contribution in [1.82, 2.24) is 10.2 Å². The van der Waals surface area contributed by atoms with Gasteiger partial charge in [0.15, 0.2) is 0 Å². The second-order valence-corrected chi connectivity index (χ2v) is 4.96. The fourth-order valence-electron chi connectivity index (χ4n) is 2.93. The number of fused-ring (bicyclic) bond motifs is 1. The first kappa shape index (κ1) is 13.8. The van der Waals surface area contributed by atoms with Crippen molar-refractivity contribution in [1.29, 1.82) is 0 Å². The molecule has 1 aliphatic heterocycles. The van der Waals surface area contributed by atoms with Gasteiger partial charge in [0, 0.05) is 19.6 Å². The van der Waals surface area contributed by atoms with E-state index in [2.05, 4.69) is 5.32 Å². The van der Waals surface area contributed by atoms with Crippen molar-refractivity contribution < 1.29 is 4.79 Å². The average molecular weight is 247 g/mol. The topological polar surface area (TPSA) is 32.3 Å². The van der Waals surface area contributed by atoms with Gasteiger partial charge in [0.25, 0.3) is 0 Å². The van der Waals surface area contributed by atoms with Crippen LogP contribution >= 0.6 is 12.4 Å². The van der Waals surface area contributed by atoms with Gasteiger partial charge in [-0.15, -0.1) is 12.4 Å². The van der Waals surface area contributed by atoms with Crippen molar-refractivity contribution in [2.24, 2.45) is 5.92 Å². The molecular formula is C12H23ClN2O. The van der Waals surface area contributed by atoms with E-state index in [1.54, 1.807) is 0 Å². The molecule has 3 nitrogen and oxygen atoms in total. The van der Waals surface area contributed by atoms with Crippen LogP contribution in [-0.2, 0) is 4.79 Å². The van der Waals surface area contributed by atoms with Crippen LogP contribution in [0.1, 0.15) is 39.0 Å². The molecule has 3 unspecified atom stereocenters. The number of hydrogen-bond acceptors (Lipinski definition) is 2. The summed E-state index contributed by atoms with van der Waals surface area (Å²) in [7, 11) is 1.89. The molecular weight excluding hydrogens is 224 g/mol. The highest BCUT2D eigenvalue weighted by Crippen LogP contribution is 2.33. The van der Waals surface area contributed by atoms with E-state index in [1.807, 2.05) is 18.9 Å². The maximum atomic E-state index is 12.0. The van der Waals surface area contributed by atoms with Crippen LogP contribution in [0, 0.1) is 5.92 Å². The number of rotatable bonds is 2. The van der Waals surface area contributed by atoms with E-state index >= 15 is 0 Å². The fraction of sp³-hybridized carbons (Fsp3) is 0.917. The van der Waals surface area contributed by atoms with Crippen LogP contribution in [0.4, 0.5) is 0 Å². The van der Waals surface area contributed by atoms with Gasteiger partial charge in [-0.25, -0.2) is 0 Å². The van der Waals surface area contributed by atoms with Crippen molar-refractivity contribution in [2.75, 3.05) is 13.6 Å². The molecule has 0 aromatic carbocycles. The normalized spacial score (nSPS) is 32.8. The standard InChI is InChI=1S/C12H22N2O.ClH/c1-3-14(2)12(15)11-8-9-6-4-5-7-10(9)13-11;/h9-11,13H,3-8H2,1-2H3;1H. The summed E-state index contributed by atoms with van der Waals surface area (Å²) in [6, 6.07) is 0.723. The molecule has 1 amide bonds. The summed E-state index contributed by atoms with van der Waals surface area (Å²) >= 11 is 0. The van der Waals surface area contributed by atoms with Crippen LogP contribution in [0.3, 0.4) is 0 Å². The van der Waals surface area contributed by atoms with E-state index in [1.165, 1.54) is 25.7 Å². The molecule has 16 heavy (non-hydrogen) atoms. The molecule has 0 aromatic heterocycles. The number of nitrogens with one attached hydrogen (secondary N) is 1. The lowest BCUT2D eigenvalue weighted by molar-refractivity contribution is -0.131. The van der Waals surface area contributed by atoms with Gasteiger partial charge in [0.05, 0.1) is 6.04 Å². The Kier molecular flexibility index (Phi) is 5.06. The van der Waals surface area contributed by atoms with E-state index in [-0.39, 0.29) is 24.4 Å². The highest BCUT2D eigenvalue weighted by Gasteiger charge is 2.38. The van der Waals surface area contributed by atoms with Crippen LogP contribution in [0.25, 0.3) is 0 Å². The predicted molar refractivity (Wildman–Crippen MR) is 67.8 cm³/mol. The van der Waals surface area contributed by atoms with Gasteiger partial charge in [-0.05, 0) is 32.1 Å². The summed E-state index contributed by atoms with van der Waals surface area (Å²) in [6.45, 7) is 2.84. The second kappa shape index (κ2) is 5.87. The third kappa shape index (κ3) is 2.69. The van der Waals surface area contributed by atoms with Gasteiger partial charge in [-0.1, -0.05) is 12.8 Å². The summed E-state index contributed by atoms with van der Waals surface area (Å²) in [4.78, 5) is 13.8. The van der Waals surface area contributed by atoms with Gasteiger partial charge in [-0.2, -0.15) is 0 Å². The third-order valence-corrected chi connectivity index (χ3v) is 4.01. The Labute approximate surface area is 104 Å². The number of likely N-dealkylation sites (N-methyl/N-ethyl adjacent to an activating group) is 1. The molecule has 2 aliphatic rings. The van der Waals surface area contributed by atoms with E-state index in [9.17, 15) is 4.79 Å². The SMILES string of the molecule is CCN(C)C(=O)C1CC2CCCCC2N1.Cl. The van der Waals surface area contributed by atoms with Gasteiger partial charge < -0.3 is 10.2 Å². The van der Waals surface area contributed by atoms with Crippen molar-refractivity contribution in [2.45, 2.75) is 51.1 Å². The highest BCUT2D eigenvalue weighted by atomic mass is 35.5. The molecule has 1 saturated heterocycles. The maximum absolute atomic E-state index is 12.0. The molecule has 2 rings (SSSR count). The smallest absolute Gasteiger partial charge is 0.239 e. The molecule has 1 saturated carbocycles. The minimum Gasteiger partial charge on any atom is -0.345 e. The summed E-state index contributed by atoms with van der Waals surface area (Å²) in [6.07, 6.45) is 6.33. The maximum Gasteiger partial charge on any atom is 0.239 e. The van der Waals surface area contributed by atoms with Crippen LogP contribution in [-0.4, -0.2) is 36.5 Å². The van der Waals surface area contributed by atoms with Crippen LogP contribution in [0.15, 0.2) is 0 Å². The number of carbonyl (C=O) groups is 1. The molecule has 94 valence electrons. The first-order chi connectivity index (χ1) is 7.22. The van der Waals surface area contributed by atoms with E-state index in [0.29, 0.717) is 6.04 Å². The number of hydrogen-bond donors (Lipinski definition) is 1. The molecule has 0 aromatic rings. The largest absolute Gasteiger partial charge is 0.345 e. The zero-order chi connectivity index (χ0) is 10.8. The highest BCUT2D eigenvalue weighted by molar-refractivity contribution is 5.85. The minimum absolute atomic E-state index is 0. The van der Waals surface area contributed by atoms with Crippen LogP contribution < -0.4 is 5.32 Å². The van der Waals surface area contributed by atoms with Gasteiger partial charge in [0.2, 0.25) is 5.91 Å². The molecule has 0 radical (unpaired) electrons. The molecule has 3 atom stereocenters. The Morgan fingerprint density at radius 3 is 2.69 bits per heavy atom. The minimum atomic E-state index is 0. The first-order valence-corrected chi connectivity index (χ1v) is 6.23. The lowest BCUT2D eigenvalue weighted by atomic mass is 9.85. The lowest BCUT2D eigenvalue weighted by Crippen LogP contribution is -2.43. The Hall–Kier alpha value is -0.280. The Morgan fingerprint density at radius 1 is 1.38 bits per heavy atom. The quantitative estimate of drug-likeness (QED) is 0.806. The van der Waals surface area contributed by atoms with Crippen LogP contribution in [0.5, 0.6) is 0 Å². The van der Waals surface area contributed by atoms with Crippen LogP contribution in [0.2, 0.25) is 0 Å². The Bertz CT molecular complexity index is 233. The summed E-state index contributed by atoms with van der Waals surface area (Å²) in [5, 5.41) is 3.52. The molecule has 2 fully saturated rings. The number of carbonyl (C=O) groups excluding carboxylic acids is 1. The fourth-order valence-corrected chi connectivity index (χ4v) is 2.93. The monoisotopic (exact) mass is 246 g/mol. The molecule has 0 bridgehead atoms. The van der Waals surface area contributed by atoms with E-state index < -0.39 is 0 Å². The van der Waals surface area contributed by atoms with E-state index in [4.69, 9.17) is 0 Å². The Balaban J connectivity index is 0.00000128. The van der Waals surface area contributed by atoms with Crippen molar-refractivity contribution in [3.05, 3.63) is 0 Å². The zero-order valence-electron chi connectivity index (χ0n) is 10.2. The molecule has 4 heteroatoms. The summed E-state index contributed by atoms with van der Waals surface area (Å²) < 4.78 is 0. The number of halogens is 1. The number of nitrogens with zero attached hydrogens (tertiary/aromatic N) is 1. The van der Waals surface area contributed by atoms with Gasteiger partial charge in [0.1, 0.15) is 0 Å². The second-order valence-electron chi connectivity index (χ2n) is 4.96. The number of amides is 1. The molecule has 0 spiro atoms. The van der Waals surface area contributed by atoms with Gasteiger partial charge >= 0.3 is 0 Å². The molecule has 1 heterocycles.